The van der Waals surface area contributed by atoms with Gasteiger partial charge in [0.1, 0.15) is 6.61 Å². The molecule has 158 valence electrons. The number of hydrogen-bond acceptors (Lipinski definition) is 6. The Hall–Kier alpha value is -1.42. The maximum atomic E-state index is 12.1. The molecule has 0 aromatic heterocycles. The molecule has 0 aromatic rings. The number of aliphatic hydroxyl groups excluding tert-OH is 1. The molecule has 8 atom stereocenters. The van der Waals surface area contributed by atoms with Crippen LogP contribution in [0.15, 0.2) is 11.6 Å². The third-order valence-corrected chi connectivity index (χ3v) is 9.75. The molecule has 0 aromatic carbocycles. The fourth-order valence-corrected chi connectivity index (χ4v) is 8.27. The molecule has 5 rings (SSSR count). The van der Waals surface area contributed by atoms with Gasteiger partial charge >= 0.3 is 5.97 Å². The van der Waals surface area contributed by atoms with E-state index in [4.69, 9.17) is 4.74 Å². The lowest BCUT2D eigenvalue weighted by atomic mass is 9.41. The summed E-state index contributed by atoms with van der Waals surface area (Å²) < 4.78 is 5.16. The van der Waals surface area contributed by atoms with Gasteiger partial charge in [0.2, 0.25) is 0 Å². The van der Waals surface area contributed by atoms with Crippen molar-refractivity contribution < 1.29 is 24.9 Å². The minimum atomic E-state index is -1.17. The van der Waals surface area contributed by atoms with E-state index in [1.807, 2.05) is 0 Å². The first kappa shape index (κ1) is 19.5. The number of aliphatic hydroxyl groups is 3. The molecular formula is C23H31NO5. The smallest absolute Gasteiger partial charge is 0.331 e. The standard InChI is InChI=1S/C23H31NO5/c1-20-6-3-17-18(4-8-22(27)11-15(25)2-7-21(17,22)13-24)23(20,28)9-5-16(20)14-10-19(26)29-12-14/h10,15-18,25,27-28H,2-9,11-12H2,1H3/t15-,16+,17-,18+,20+,21+,22+,23+/m1/s1. The quantitative estimate of drug-likeness (QED) is 0.581. The molecule has 3 N–H and O–H groups in total. The number of fused-ring (bicyclic) bond motifs is 5. The van der Waals surface area contributed by atoms with E-state index in [0.717, 1.165) is 24.8 Å². The van der Waals surface area contributed by atoms with Gasteiger partial charge < -0.3 is 20.1 Å². The highest BCUT2D eigenvalue weighted by atomic mass is 16.5. The Labute approximate surface area is 171 Å². The molecule has 1 aliphatic heterocycles. The zero-order chi connectivity index (χ0) is 20.7. The van der Waals surface area contributed by atoms with Crippen LogP contribution in [0.2, 0.25) is 0 Å². The number of hydrogen-bond donors (Lipinski definition) is 3. The van der Waals surface area contributed by atoms with Gasteiger partial charge in [0.25, 0.3) is 0 Å². The first-order valence-electron chi connectivity index (χ1n) is 11.1. The minimum Gasteiger partial charge on any atom is -0.458 e. The van der Waals surface area contributed by atoms with E-state index < -0.39 is 22.7 Å². The molecule has 6 nitrogen and oxygen atoms in total. The number of esters is 1. The molecule has 4 aliphatic carbocycles. The fourth-order valence-electron chi connectivity index (χ4n) is 8.27. The average molecular weight is 402 g/mol. The molecule has 6 heteroatoms. The highest BCUT2D eigenvalue weighted by Gasteiger charge is 2.71. The van der Waals surface area contributed by atoms with Gasteiger partial charge in [-0.05, 0) is 74.7 Å². The van der Waals surface area contributed by atoms with Crippen molar-refractivity contribution >= 4 is 5.97 Å². The van der Waals surface area contributed by atoms with Crippen molar-refractivity contribution in [2.24, 2.45) is 28.6 Å². The summed E-state index contributed by atoms with van der Waals surface area (Å²) in [7, 11) is 0. The third-order valence-electron chi connectivity index (χ3n) is 9.75. The number of carbonyl (C=O) groups is 1. The lowest BCUT2D eigenvalue weighted by Crippen LogP contribution is -2.67. The molecule has 1 heterocycles. The van der Waals surface area contributed by atoms with Crippen LogP contribution in [-0.4, -0.2) is 45.2 Å². The van der Waals surface area contributed by atoms with Gasteiger partial charge in [0.05, 0.1) is 28.8 Å². The van der Waals surface area contributed by atoms with Gasteiger partial charge in [0, 0.05) is 17.9 Å². The monoisotopic (exact) mass is 401 g/mol. The topological polar surface area (TPSA) is 111 Å². The van der Waals surface area contributed by atoms with Gasteiger partial charge in [-0.2, -0.15) is 5.26 Å². The minimum absolute atomic E-state index is 0.0416. The summed E-state index contributed by atoms with van der Waals surface area (Å²) >= 11 is 0. The predicted molar refractivity (Wildman–Crippen MR) is 103 cm³/mol. The summed E-state index contributed by atoms with van der Waals surface area (Å²) in [6.45, 7) is 2.47. The molecule has 0 saturated heterocycles. The van der Waals surface area contributed by atoms with Crippen molar-refractivity contribution in [2.75, 3.05) is 6.61 Å². The Bertz CT molecular complexity index is 819. The summed E-state index contributed by atoms with van der Waals surface area (Å²) in [5, 5.41) is 44.0. The molecular weight excluding hydrogens is 370 g/mol. The fraction of sp³-hybridized carbons (Fsp3) is 0.826. The van der Waals surface area contributed by atoms with Gasteiger partial charge in [0.15, 0.2) is 0 Å². The number of nitriles is 1. The summed E-state index contributed by atoms with van der Waals surface area (Å²) in [5.41, 5.74) is -2.33. The molecule has 5 aliphatic rings. The van der Waals surface area contributed by atoms with Crippen molar-refractivity contribution in [3.8, 4) is 6.07 Å². The van der Waals surface area contributed by atoms with Crippen LogP contribution < -0.4 is 0 Å². The van der Waals surface area contributed by atoms with Gasteiger partial charge in [-0.15, -0.1) is 0 Å². The summed E-state index contributed by atoms with van der Waals surface area (Å²) in [6.07, 6.45) is 6.48. The van der Waals surface area contributed by atoms with Gasteiger partial charge in [-0.1, -0.05) is 6.92 Å². The van der Waals surface area contributed by atoms with Crippen LogP contribution in [0.1, 0.15) is 64.7 Å². The average Bonchev–Trinajstić information content (AvgIpc) is 3.21. The molecule has 0 amide bonds. The zero-order valence-corrected chi connectivity index (χ0v) is 17.1. The Morgan fingerprint density at radius 2 is 1.86 bits per heavy atom. The van der Waals surface area contributed by atoms with Crippen LogP contribution in [0.5, 0.6) is 0 Å². The second-order valence-corrected chi connectivity index (χ2v) is 10.6. The molecule has 0 spiro atoms. The van der Waals surface area contributed by atoms with E-state index in [9.17, 15) is 25.4 Å². The molecule has 29 heavy (non-hydrogen) atoms. The van der Waals surface area contributed by atoms with Crippen LogP contribution >= 0.6 is 0 Å². The first-order valence-corrected chi connectivity index (χ1v) is 11.1. The maximum absolute atomic E-state index is 12.1. The van der Waals surface area contributed by atoms with Crippen LogP contribution in [0.3, 0.4) is 0 Å². The van der Waals surface area contributed by atoms with Gasteiger partial charge in [-0.25, -0.2) is 4.79 Å². The molecule has 4 fully saturated rings. The van der Waals surface area contributed by atoms with Crippen LogP contribution in [0.4, 0.5) is 0 Å². The SMILES string of the molecule is C[C@@]12CC[C@@H]3[C@H](CC[C@]4(O)C[C@H](O)CC[C@]34C#N)[C@@]1(O)CC[C@H]2C1=CC(=O)OC1. The van der Waals surface area contributed by atoms with E-state index in [1.165, 1.54) is 0 Å². The highest BCUT2D eigenvalue weighted by molar-refractivity contribution is 5.85. The van der Waals surface area contributed by atoms with Crippen LogP contribution in [0.25, 0.3) is 0 Å². The molecule has 0 radical (unpaired) electrons. The van der Waals surface area contributed by atoms with Crippen LogP contribution in [0, 0.1) is 39.9 Å². The van der Waals surface area contributed by atoms with E-state index in [1.54, 1.807) is 6.08 Å². The second kappa shape index (κ2) is 6.06. The van der Waals surface area contributed by atoms with E-state index in [-0.39, 0.29) is 35.6 Å². The van der Waals surface area contributed by atoms with Gasteiger partial charge in [-0.3, -0.25) is 0 Å². The number of carbonyl (C=O) groups excluding carboxylic acids is 1. The largest absolute Gasteiger partial charge is 0.458 e. The van der Waals surface area contributed by atoms with Crippen LogP contribution in [-0.2, 0) is 9.53 Å². The first-order chi connectivity index (χ1) is 13.7. The normalized spacial score (nSPS) is 53.9. The summed E-state index contributed by atoms with van der Waals surface area (Å²) in [5.74, 6) is -0.280. The molecule has 4 saturated carbocycles. The number of rotatable bonds is 1. The number of ether oxygens (including phenoxy) is 1. The summed E-state index contributed by atoms with van der Waals surface area (Å²) in [4.78, 5) is 11.6. The third kappa shape index (κ3) is 2.30. The van der Waals surface area contributed by atoms with E-state index in [2.05, 4.69) is 13.0 Å². The van der Waals surface area contributed by atoms with Crippen molar-refractivity contribution in [1.82, 2.24) is 0 Å². The highest BCUT2D eigenvalue weighted by Crippen LogP contribution is 2.70. The lowest BCUT2D eigenvalue weighted by molar-refractivity contribution is -0.242. The maximum Gasteiger partial charge on any atom is 0.331 e. The molecule has 0 unspecified atom stereocenters. The Balaban J connectivity index is 1.52. The Morgan fingerprint density at radius 3 is 2.55 bits per heavy atom. The predicted octanol–water partition coefficient (Wildman–Crippen LogP) is 2.22. The van der Waals surface area contributed by atoms with Crippen molar-refractivity contribution in [3.63, 3.8) is 0 Å². The van der Waals surface area contributed by atoms with E-state index >= 15 is 0 Å². The second-order valence-electron chi connectivity index (χ2n) is 10.6. The lowest BCUT2D eigenvalue weighted by Gasteiger charge is -2.64. The number of nitrogens with zero attached hydrogens (tertiary/aromatic N) is 1. The number of cyclic esters (lactones) is 1. The summed E-state index contributed by atoms with van der Waals surface area (Å²) in [6, 6.07) is 2.51. The molecule has 0 bridgehead atoms. The Morgan fingerprint density at radius 1 is 1.10 bits per heavy atom. The van der Waals surface area contributed by atoms with Crippen molar-refractivity contribution in [3.05, 3.63) is 11.6 Å². The van der Waals surface area contributed by atoms with Crippen molar-refractivity contribution in [1.29, 1.82) is 5.26 Å². The Kier molecular flexibility index (Phi) is 4.08. The zero-order valence-electron chi connectivity index (χ0n) is 17.1. The van der Waals surface area contributed by atoms with Crippen molar-refractivity contribution in [2.45, 2.75) is 82.0 Å². The van der Waals surface area contributed by atoms with E-state index in [0.29, 0.717) is 38.7 Å².